The van der Waals surface area contributed by atoms with Crippen LogP contribution in [0.5, 0.6) is 0 Å². The maximum absolute atomic E-state index is 11.9. The highest BCUT2D eigenvalue weighted by molar-refractivity contribution is 7.89. The molecule has 11 heteroatoms. The summed E-state index contributed by atoms with van der Waals surface area (Å²) in [6.45, 7) is 2.07. The molecule has 1 aromatic heterocycles. The van der Waals surface area contributed by atoms with Crippen LogP contribution in [0.2, 0.25) is 0 Å². The molecule has 1 aliphatic rings. The first-order valence-corrected chi connectivity index (χ1v) is 8.64. The van der Waals surface area contributed by atoms with Crippen LogP contribution in [0.15, 0.2) is 0 Å². The summed E-state index contributed by atoms with van der Waals surface area (Å²) >= 11 is 0.930. The van der Waals surface area contributed by atoms with Crippen molar-refractivity contribution < 1.29 is 22.7 Å². The van der Waals surface area contributed by atoms with E-state index in [4.69, 9.17) is 9.88 Å². The van der Waals surface area contributed by atoms with Gasteiger partial charge >= 0.3 is 5.97 Å². The number of amides is 1. The summed E-state index contributed by atoms with van der Waals surface area (Å²) in [6.07, 6.45) is 0.0742. The SMILES string of the molecule is CCOC(=O)c1nnc(N2CC(CS(N)(=O)=O)CC2=O)s1. The number of anilines is 1. The third kappa shape index (κ3) is 3.95. The molecule has 1 atom stereocenters. The lowest BCUT2D eigenvalue weighted by Crippen LogP contribution is -2.27. The van der Waals surface area contributed by atoms with Gasteiger partial charge in [-0.25, -0.2) is 18.4 Å². The molecule has 1 unspecified atom stereocenters. The normalized spacial score (nSPS) is 19.0. The highest BCUT2D eigenvalue weighted by Gasteiger charge is 2.35. The zero-order chi connectivity index (χ0) is 15.6. The van der Waals surface area contributed by atoms with Crippen LogP contribution in [0.3, 0.4) is 0 Å². The number of aromatic nitrogens is 2. The Morgan fingerprint density at radius 2 is 2.24 bits per heavy atom. The molecule has 1 aliphatic heterocycles. The number of hydrogen-bond donors (Lipinski definition) is 1. The predicted molar refractivity (Wildman–Crippen MR) is 74.3 cm³/mol. The second-order valence-electron chi connectivity index (χ2n) is 4.51. The van der Waals surface area contributed by atoms with Crippen molar-refractivity contribution in [2.45, 2.75) is 13.3 Å². The molecular formula is C10H14N4O5S2. The topological polar surface area (TPSA) is 133 Å². The quantitative estimate of drug-likeness (QED) is 0.708. The maximum atomic E-state index is 11.9. The first-order chi connectivity index (χ1) is 9.80. The van der Waals surface area contributed by atoms with Gasteiger partial charge in [0.1, 0.15) is 0 Å². The minimum atomic E-state index is -3.64. The van der Waals surface area contributed by atoms with E-state index >= 15 is 0 Å². The lowest BCUT2D eigenvalue weighted by Gasteiger charge is -2.11. The van der Waals surface area contributed by atoms with Gasteiger partial charge in [-0.15, -0.1) is 10.2 Å². The number of esters is 1. The fourth-order valence-corrected chi connectivity index (χ4v) is 3.65. The average Bonchev–Trinajstić information content (AvgIpc) is 2.94. The monoisotopic (exact) mass is 334 g/mol. The van der Waals surface area contributed by atoms with Crippen molar-refractivity contribution in [3.63, 3.8) is 0 Å². The minimum Gasteiger partial charge on any atom is -0.461 e. The molecule has 116 valence electrons. The summed E-state index contributed by atoms with van der Waals surface area (Å²) in [4.78, 5) is 24.7. The molecule has 1 saturated heterocycles. The number of primary sulfonamides is 1. The second-order valence-corrected chi connectivity index (χ2v) is 7.13. The zero-order valence-corrected chi connectivity index (χ0v) is 12.8. The number of carbonyl (C=O) groups is 2. The van der Waals surface area contributed by atoms with E-state index < -0.39 is 16.0 Å². The van der Waals surface area contributed by atoms with Crippen molar-refractivity contribution in [2.24, 2.45) is 11.1 Å². The molecular weight excluding hydrogens is 320 g/mol. The molecule has 2 rings (SSSR count). The molecule has 1 aromatic rings. The number of rotatable bonds is 5. The molecule has 0 aliphatic carbocycles. The van der Waals surface area contributed by atoms with Crippen LogP contribution >= 0.6 is 11.3 Å². The fourth-order valence-electron chi connectivity index (χ4n) is 2.01. The summed E-state index contributed by atoms with van der Waals surface area (Å²) in [5, 5.41) is 12.7. The summed E-state index contributed by atoms with van der Waals surface area (Å²) in [5.74, 6) is -1.52. The number of hydrogen-bond acceptors (Lipinski definition) is 8. The van der Waals surface area contributed by atoms with Crippen molar-refractivity contribution in [2.75, 3.05) is 23.8 Å². The van der Waals surface area contributed by atoms with E-state index in [1.165, 1.54) is 4.90 Å². The molecule has 9 nitrogen and oxygen atoms in total. The van der Waals surface area contributed by atoms with Gasteiger partial charge in [0.25, 0.3) is 0 Å². The van der Waals surface area contributed by atoms with E-state index in [0.29, 0.717) is 0 Å². The Morgan fingerprint density at radius 1 is 1.52 bits per heavy atom. The van der Waals surface area contributed by atoms with Gasteiger partial charge in [-0.1, -0.05) is 11.3 Å². The highest BCUT2D eigenvalue weighted by atomic mass is 32.2. The van der Waals surface area contributed by atoms with Crippen molar-refractivity contribution in [1.82, 2.24) is 10.2 Å². The number of nitrogens with two attached hydrogens (primary N) is 1. The van der Waals surface area contributed by atoms with E-state index in [0.717, 1.165) is 11.3 Å². The van der Waals surface area contributed by atoms with Crippen LogP contribution in [0.4, 0.5) is 5.13 Å². The summed E-state index contributed by atoms with van der Waals surface area (Å²) in [6, 6.07) is 0. The van der Waals surface area contributed by atoms with E-state index in [2.05, 4.69) is 10.2 Å². The Kier molecular flexibility index (Phi) is 4.54. The minimum absolute atomic E-state index is 0.0505. The summed E-state index contributed by atoms with van der Waals surface area (Å²) < 4.78 is 26.9. The van der Waals surface area contributed by atoms with Crippen LogP contribution < -0.4 is 10.0 Å². The Morgan fingerprint density at radius 3 is 2.86 bits per heavy atom. The average molecular weight is 334 g/mol. The van der Waals surface area contributed by atoms with Crippen molar-refractivity contribution >= 4 is 38.4 Å². The van der Waals surface area contributed by atoms with Crippen molar-refractivity contribution in [3.8, 4) is 0 Å². The smallest absolute Gasteiger partial charge is 0.369 e. The summed E-state index contributed by atoms with van der Waals surface area (Å²) in [7, 11) is -3.64. The van der Waals surface area contributed by atoms with E-state index in [1.54, 1.807) is 6.92 Å². The molecule has 0 spiro atoms. The van der Waals surface area contributed by atoms with Crippen LogP contribution in [0.25, 0.3) is 0 Å². The van der Waals surface area contributed by atoms with Gasteiger partial charge in [-0.05, 0) is 6.92 Å². The van der Waals surface area contributed by atoms with Gasteiger partial charge in [-0.3, -0.25) is 9.69 Å². The third-order valence-corrected chi connectivity index (χ3v) is 4.63. The number of carbonyl (C=O) groups excluding carboxylic acids is 2. The largest absolute Gasteiger partial charge is 0.461 e. The number of nitrogens with zero attached hydrogens (tertiary/aromatic N) is 3. The van der Waals surface area contributed by atoms with Crippen molar-refractivity contribution in [1.29, 1.82) is 0 Å². The lowest BCUT2D eigenvalue weighted by atomic mass is 10.1. The van der Waals surface area contributed by atoms with Gasteiger partial charge in [0.05, 0.1) is 12.4 Å². The Balaban J connectivity index is 2.09. The zero-order valence-electron chi connectivity index (χ0n) is 11.2. The molecule has 0 bridgehead atoms. The lowest BCUT2D eigenvalue weighted by molar-refractivity contribution is -0.117. The fraction of sp³-hybridized carbons (Fsp3) is 0.600. The summed E-state index contributed by atoms with van der Waals surface area (Å²) in [5.41, 5.74) is 0. The van der Waals surface area contributed by atoms with Gasteiger partial charge in [0, 0.05) is 18.9 Å². The van der Waals surface area contributed by atoms with Gasteiger partial charge in [0.2, 0.25) is 26.1 Å². The van der Waals surface area contributed by atoms with Crippen LogP contribution in [-0.4, -0.2) is 49.4 Å². The molecule has 0 aromatic carbocycles. The second kappa shape index (κ2) is 6.03. The molecule has 2 N–H and O–H groups in total. The standard InChI is InChI=1S/C10H14N4O5S2/c1-2-19-9(16)8-12-13-10(20-8)14-4-6(3-7(14)15)5-21(11,17)18/h6H,2-5H2,1H3,(H2,11,17,18). The van der Waals surface area contributed by atoms with E-state index in [1.807, 2.05) is 0 Å². The first kappa shape index (κ1) is 15.8. The Hall–Kier alpha value is -1.59. The molecule has 1 amide bonds. The van der Waals surface area contributed by atoms with Crippen molar-refractivity contribution in [3.05, 3.63) is 5.01 Å². The Labute approximate surface area is 125 Å². The van der Waals surface area contributed by atoms with Gasteiger partial charge in [-0.2, -0.15) is 0 Å². The molecule has 1 fully saturated rings. The molecule has 0 radical (unpaired) electrons. The van der Waals surface area contributed by atoms with Crippen LogP contribution in [0, 0.1) is 5.92 Å². The third-order valence-electron chi connectivity index (χ3n) is 2.77. The van der Waals surface area contributed by atoms with Crippen LogP contribution in [0.1, 0.15) is 23.1 Å². The number of ether oxygens (including phenoxy) is 1. The maximum Gasteiger partial charge on any atom is 0.369 e. The van der Waals surface area contributed by atoms with E-state index in [-0.39, 0.29) is 47.3 Å². The van der Waals surface area contributed by atoms with Crippen LogP contribution in [-0.2, 0) is 19.6 Å². The Bertz CT molecular complexity index is 656. The highest BCUT2D eigenvalue weighted by Crippen LogP contribution is 2.28. The number of sulfonamides is 1. The van der Waals surface area contributed by atoms with E-state index in [9.17, 15) is 18.0 Å². The molecule has 0 saturated carbocycles. The van der Waals surface area contributed by atoms with Gasteiger partial charge in [0.15, 0.2) is 0 Å². The van der Waals surface area contributed by atoms with Gasteiger partial charge < -0.3 is 4.74 Å². The first-order valence-electron chi connectivity index (χ1n) is 6.11. The molecule has 21 heavy (non-hydrogen) atoms. The molecule has 2 heterocycles. The predicted octanol–water partition coefficient (Wildman–Crippen LogP) is -0.644.